The Kier molecular flexibility index (Phi) is 10.1. The molecule has 48 heavy (non-hydrogen) atoms. The molecule has 2 aromatic carbocycles. The molecule has 10 nitrogen and oxygen atoms in total. The molecule has 3 atom stereocenters. The fourth-order valence-electron chi connectivity index (χ4n) is 6.74. The third-order valence-electron chi connectivity index (χ3n) is 9.89. The maximum absolute atomic E-state index is 13.6. The molecule has 2 saturated heterocycles. The van der Waals surface area contributed by atoms with Crippen molar-refractivity contribution in [3.63, 3.8) is 0 Å². The van der Waals surface area contributed by atoms with Crippen LogP contribution in [-0.4, -0.2) is 96.1 Å². The average molecular weight is 657 g/mol. The van der Waals surface area contributed by atoms with Crippen molar-refractivity contribution in [2.75, 3.05) is 45.2 Å². The molecule has 3 aliphatic rings. The van der Waals surface area contributed by atoms with Crippen LogP contribution in [0.4, 0.5) is 10.1 Å². The number of likely N-dealkylation sites (tertiary alicyclic amines) is 2. The summed E-state index contributed by atoms with van der Waals surface area (Å²) in [6, 6.07) is 12.8. The topological polar surface area (TPSA) is 118 Å². The fraction of sp³-hybridized carbons (Fsp3) is 0.459. The van der Waals surface area contributed by atoms with E-state index in [2.05, 4.69) is 69.9 Å². The number of anilines is 1. The van der Waals surface area contributed by atoms with Crippen LogP contribution in [0, 0.1) is 11.7 Å². The number of β-amino-alcohol motifs (C(OH)–C–C–N with tert-alkyl or cyclic N) is 1. The molecule has 254 valence electrons. The number of allylic oxidation sites excluding steroid dienone is 1. The lowest BCUT2D eigenvalue weighted by Gasteiger charge is -2.36. The minimum atomic E-state index is -0.874. The number of halogens is 1. The summed E-state index contributed by atoms with van der Waals surface area (Å²) < 4.78 is 13.5. The van der Waals surface area contributed by atoms with Gasteiger partial charge in [0.1, 0.15) is 17.6 Å². The van der Waals surface area contributed by atoms with E-state index in [9.17, 15) is 23.9 Å². The fourth-order valence-corrected chi connectivity index (χ4v) is 6.74. The van der Waals surface area contributed by atoms with E-state index in [0.717, 1.165) is 42.7 Å². The summed E-state index contributed by atoms with van der Waals surface area (Å²) in [5.41, 5.74) is 3.72. The number of piperidine rings is 1. The SMILES string of the molecule is C[C@H](NC(=O)[C@@H]1C[C@@H](O)CN1C(=O)CNC(=O)c1ccc2cc(F)ccc2n1)c1ccc(N(C)C2CCN(C)CC2)cc1/C=C/C1CC1. The number of hydrogen-bond acceptors (Lipinski definition) is 7. The number of amides is 3. The van der Waals surface area contributed by atoms with E-state index < -0.39 is 29.8 Å². The Bertz CT molecular complexity index is 1700. The van der Waals surface area contributed by atoms with Crippen LogP contribution in [0.15, 0.2) is 54.6 Å². The molecule has 3 aromatic rings. The lowest BCUT2D eigenvalue weighted by Crippen LogP contribution is -2.49. The van der Waals surface area contributed by atoms with Crippen LogP contribution < -0.4 is 15.5 Å². The van der Waals surface area contributed by atoms with Crippen LogP contribution in [0.5, 0.6) is 0 Å². The highest BCUT2D eigenvalue weighted by Gasteiger charge is 2.39. The van der Waals surface area contributed by atoms with Gasteiger partial charge in [0, 0.05) is 37.1 Å². The van der Waals surface area contributed by atoms with E-state index in [4.69, 9.17) is 0 Å². The number of hydrogen-bond donors (Lipinski definition) is 3. The summed E-state index contributed by atoms with van der Waals surface area (Å²) in [5.74, 6) is -1.21. The molecule has 2 aliphatic heterocycles. The van der Waals surface area contributed by atoms with Crippen LogP contribution in [0.25, 0.3) is 17.0 Å². The molecule has 0 spiro atoms. The number of aliphatic hydroxyl groups excluding tert-OH is 1. The van der Waals surface area contributed by atoms with Crippen molar-refractivity contribution < 1.29 is 23.9 Å². The Morgan fingerprint density at radius 2 is 1.85 bits per heavy atom. The molecule has 1 saturated carbocycles. The van der Waals surface area contributed by atoms with Crippen LogP contribution >= 0.6 is 0 Å². The van der Waals surface area contributed by atoms with Crippen LogP contribution in [0.2, 0.25) is 0 Å². The van der Waals surface area contributed by atoms with Crippen molar-refractivity contribution in [1.82, 2.24) is 25.4 Å². The molecule has 11 heteroatoms. The number of carbonyl (C=O) groups is 3. The first-order chi connectivity index (χ1) is 23.0. The molecule has 3 heterocycles. The summed E-state index contributed by atoms with van der Waals surface area (Å²) in [5, 5.41) is 16.7. The van der Waals surface area contributed by atoms with E-state index in [1.165, 1.54) is 42.0 Å². The van der Waals surface area contributed by atoms with Crippen molar-refractivity contribution in [1.29, 1.82) is 0 Å². The molecule has 6 rings (SSSR count). The van der Waals surface area contributed by atoms with E-state index in [-0.39, 0.29) is 37.2 Å². The summed E-state index contributed by atoms with van der Waals surface area (Å²) in [4.78, 5) is 50.0. The number of aliphatic hydroxyl groups is 1. The summed E-state index contributed by atoms with van der Waals surface area (Å²) in [6.45, 7) is 3.73. The molecule has 1 aliphatic carbocycles. The molecule has 3 amide bonds. The van der Waals surface area contributed by atoms with E-state index in [1.807, 2.05) is 6.92 Å². The number of rotatable bonds is 10. The van der Waals surface area contributed by atoms with Gasteiger partial charge in [-0.15, -0.1) is 0 Å². The van der Waals surface area contributed by atoms with Gasteiger partial charge in [0.25, 0.3) is 5.91 Å². The predicted molar refractivity (Wildman–Crippen MR) is 184 cm³/mol. The smallest absolute Gasteiger partial charge is 0.270 e. The highest BCUT2D eigenvalue weighted by Crippen LogP contribution is 2.33. The molecule has 0 radical (unpaired) electrons. The van der Waals surface area contributed by atoms with Crippen LogP contribution in [0.3, 0.4) is 0 Å². The van der Waals surface area contributed by atoms with Crippen LogP contribution in [0.1, 0.15) is 66.7 Å². The van der Waals surface area contributed by atoms with Gasteiger partial charge >= 0.3 is 0 Å². The number of fused-ring (bicyclic) bond motifs is 1. The Balaban J connectivity index is 1.10. The van der Waals surface area contributed by atoms with Gasteiger partial charge in [-0.05, 0) is 106 Å². The summed E-state index contributed by atoms with van der Waals surface area (Å²) >= 11 is 0. The Morgan fingerprint density at radius 1 is 1.08 bits per heavy atom. The zero-order chi connectivity index (χ0) is 33.9. The zero-order valence-corrected chi connectivity index (χ0v) is 27.9. The van der Waals surface area contributed by atoms with Gasteiger partial charge in [0.2, 0.25) is 11.8 Å². The molecule has 3 N–H and O–H groups in total. The van der Waals surface area contributed by atoms with Gasteiger partial charge in [-0.1, -0.05) is 24.3 Å². The van der Waals surface area contributed by atoms with Crippen molar-refractivity contribution in [3.8, 4) is 0 Å². The minimum Gasteiger partial charge on any atom is -0.391 e. The summed E-state index contributed by atoms with van der Waals surface area (Å²) in [6.07, 6.45) is 8.29. The third-order valence-corrected chi connectivity index (χ3v) is 9.89. The normalized spacial score (nSPS) is 21.1. The number of carbonyl (C=O) groups excluding carboxylic acids is 3. The van der Waals surface area contributed by atoms with E-state index in [0.29, 0.717) is 22.9 Å². The number of aromatic nitrogens is 1. The lowest BCUT2D eigenvalue weighted by atomic mass is 9.97. The Labute approximate surface area is 281 Å². The van der Waals surface area contributed by atoms with Crippen molar-refractivity contribution >= 4 is 40.4 Å². The van der Waals surface area contributed by atoms with Gasteiger partial charge < -0.3 is 30.4 Å². The average Bonchev–Trinajstić information content (AvgIpc) is 3.83. The van der Waals surface area contributed by atoms with Gasteiger partial charge in [-0.3, -0.25) is 14.4 Å². The Morgan fingerprint density at radius 3 is 2.60 bits per heavy atom. The monoisotopic (exact) mass is 656 g/mol. The number of benzene rings is 2. The van der Waals surface area contributed by atoms with Crippen molar-refractivity contribution in [3.05, 3.63) is 77.2 Å². The second-order valence-electron chi connectivity index (χ2n) is 13.6. The predicted octanol–water partition coefficient (Wildman–Crippen LogP) is 3.90. The first-order valence-corrected chi connectivity index (χ1v) is 16.9. The van der Waals surface area contributed by atoms with Crippen molar-refractivity contribution in [2.24, 2.45) is 5.92 Å². The van der Waals surface area contributed by atoms with E-state index in [1.54, 1.807) is 6.07 Å². The number of pyridine rings is 1. The first-order valence-electron chi connectivity index (χ1n) is 16.9. The largest absolute Gasteiger partial charge is 0.391 e. The molecular weight excluding hydrogens is 611 g/mol. The highest BCUT2D eigenvalue weighted by atomic mass is 19.1. The first kappa shape index (κ1) is 33.5. The number of nitrogens with one attached hydrogen (secondary N) is 2. The molecule has 0 bridgehead atoms. The highest BCUT2D eigenvalue weighted by molar-refractivity contribution is 5.97. The number of nitrogens with zero attached hydrogens (tertiary/aromatic N) is 4. The molecular formula is C37H45FN6O4. The quantitative estimate of drug-likeness (QED) is 0.303. The lowest BCUT2D eigenvalue weighted by molar-refractivity contribution is -0.138. The molecule has 3 fully saturated rings. The van der Waals surface area contributed by atoms with E-state index >= 15 is 0 Å². The second kappa shape index (κ2) is 14.4. The zero-order valence-electron chi connectivity index (χ0n) is 27.9. The van der Waals surface area contributed by atoms with Gasteiger partial charge in [-0.2, -0.15) is 0 Å². The molecule has 0 unspecified atom stereocenters. The standard InChI is InChI=1S/C37H45FN6O4/c1-23(31-11-10-29(19-25(31)7-6-24-4-5-24)43(3)28-14-16-42(2)17-15-28)40-37(48)34-20-30(45)22-44(34)35(46)21-39-36(47)33-12-8-26-18-27(38)9-13-32(26)41-33/h6-13,18-19,23-24,28,30,34,45H,4-5,14-17,20-22H2,1-3H3,(H,39,47)(H,40,48)/b7-6+/t23-,30+,34-/m0/s1. The van der Waals surface area contributed by atoms with Gasteiger partial charge in [-0.25, -0.2) is 9.37 Å². The Hall–Kier alpha value is -4.35. The minimum absolute atomic E-state index is 0.00563. The second-order valence-corrected chi connectivity index (χ2v) is 13.6. The van der Waals surface area contributed by atoms with Crippen molar-refractivity contribution in [2.45, 2.75) is 63.3 Å². The summed E-state index contributed by atoms with van der Waals surface area (Å²) in [7, 11) is 4.32. The van der Waals surface area contributed by atoms with Gasteiger partial charge in [0.05, 0.1) is 24.2 Å². The maximum atomic E-state index is 13.6. The van der Waals surface area contributed by atoms with Gasteiger partial charge in [0.15, 0.2) is 0 Å². The maximum Gasteiger partial charge on any atom is 0.270 e. The third kappa shape index (κ3) is 7.85. The molecule has 1 aromatic heterocycles. The van der Waals surface area contributed by atoms with Crippen LogP contribution in [-0.2, 0) is 9.59 Å².